The molecule has 0 saturated heterocycles. The van der Waals surface area contributed by atoms with E-state index in [1.54, 1.807) is 31.2 Å². The highest BCUT2D eigenvalue weighted by Gasteiger charge is 2.13. The predicted molar refractivity (Wildman–Crippen MR) is 91.2 cm³/mol. The van der Waals surface area contributed by atoms with Gasteiger partial charge in [0.2, 0.25) is 0 Å². The standard InChI is InChI=1S/C18H15N3O3/c1-12-5-3-4-6-16(12)20-18(22)15(11-19)9-14-8-7-13(2)17(10-14)21(23)24/h3-10H,1-2H3,(H,20,22)/b15-9+. The molecule has 24 heavy (non-hydrogen) atoms. The number of nitriles is 1. The van der Waals surface area contributed by atoms with E-state index in [0.717, 1.165) is 5.56 Å². The molecule has 1 N–H and O–H groups in total. The van der Waals surface area contributed by atoms with E-state index in [4.69, 9.17) is 0 Å². The molecule has 2 rings (SSSR count). The Kier molecular flexibility index (Phi) is 5.07. The van der Waals surface area contributed by atoms with Crippen LogP contribution in [-0.2, 0) is 4.79 Å². The zero-order valence-electron chi connectivity index (χ0n) is 13.2. The normalized spacial score (nSPS) is 10.8. The number of nitrogens with one attached hydrogen (secondary N) is 1. The minimum absolute atomic E-state index is 0.0552. The monoisotopic (exact) mass is 321 g/mol. The minimum Gasteiger partial charge on any atom is -0.321 e. The quantitative estimate of drug-likeness (QED) is 0.401. The molecule has 0 aliphatic carbocycles. The van der Waals surface area contributed by atoms with Crippen molar-refractivity contribution in [3.05, 3.63) is 74.8 Å². The lowest BCUT2D eigenvalue weighted by molar-refractivity contribution is -0.385. The van der Waals surface area contributed by atoms with Crippen LogP contribution in [0.1, 0.15) is 16.7 Å². The van der Waals surface area contributed by atoms with Crippen LogP contribution in [0.25, 0.3) is 6.08 Å². The summed E-state index contributed by atoms with van der Waals surface area (Å²) in [4.78, 5) is 22.7. The van der Waals surface area contributed by atoms with Crippen molar-refractivity contribution < 1.29 is 9.72 Å². The number of amides is 1. The van der Waals surface area contributed by atoms with E-state index in [2.05, 4.69) is 5.32 Å². The first kappa shape index (κ1) is 16.9. The molecule has 0 aliphatic heterocycles. The van der Waals surface area contributed by atoms with Crippen molar-refractivity contribution in [2.45, 2.75) is 13.8 Å². The van der Waals surface area contributed by atoms with Crippen molar-refractivity contribution >= 4 is 23.4 Å². The van der Waals surface area contributed by atoms with Gasteiger partial charge in [-0.05, 0) is 37.1 Å². The van der Waals surface area contributed by atoms with Gasteiger partial charge in [0, 0.05) is 17.3 Å². The predicted octanol–water partition coefficient (Wildman–Crippen LogP) is 3.76. The third-order valence-corrected chi connectivity index (χ3v) is 3.50. The van der Waals surface area contributed by atoms with Gasteiger partial charge in [0.15, 0.2) is 0 Å². The van der Waals surface area contributed by atoms with Crippen LogP contribution < -0.4 is 5.32 Å². The summed E-state index contributed by atoms with van der Waals surface area (Å²) >= 11 is 0. The Labute approximate surface area is 139 Å². The second kappa shape index (κ2) is 7.20. The highest BCUT2D eigenvalue weighted by molar-refractivity contribution is 6.10. The molecule has 0 heterocycles. The third-order valence-electron chi connectivity index (χ3n) is 3.50. The number of hydrogen-bond donors (Lipinski definition) is 1. The van der Waals surface area contributed by atoms with Gasteiger partial charge in [-0.3, -0.25) is 14.9 Å². The smallest absolute Gasteiger partial charge is 0.272 e. The first-order valence-electron chi connectivity index (χ1n) is 7.16. The van der Waals surface area contributed by atoms with Crippen LogP contribution in [0.5, 0.6) is 0 Å². The molecule has 0 aromatic heterocycles. The molecular weight excluding hydrogens is 306 g/mol. The van der Waals surface area contributed by atoms with Crippen LogP contribution in [0.15, 0.2) is 48.0 Å². The highest BCUT2D eigenvalue weighted by atomic mass is 16.6. The van der Waals surface area contributed by atoms with Gasteiger partial charge in [0.25, 0.3) is 11.6 Å². The summed E-state index contributed by atoms with van der Waals surface area (Å²) in [7, 11) is 0. The topological polar surface area (TPSA) is 96.0 Å². The van der Waals surface area contributed by atoms with Crippen molar-refractivity contribution in [1.29, 1.82) is 5.26 Å². The number of benzene rings is 2. The number of aryl methyl sites for hydroxylation is 2. The number of nitro groups is 1. The molecule has 6 heteroatoms. The van der Waals surface area contributed by atoms with Gasteiger partial charge in [-0.2, -0.15) is 5.26 Å². The Morgan fingerprint density at radius 3 is 2.54 bits per heavy atom. The molecule has 0 unspecified atom stereocenters. The number of anilines is 1. The van der Waals surface area contributed by atoms with Crippen molar-refractivity contribution in [2.75, 3.05) is 5.32 Å². The lowest BCUT2D eigenvalue weighted by Gasteiger charge is -2.07. The summed E-state index contributed by atoms with van der Waals surface area (Å²) in [5.41, 5.74) is 2.23. The molecule has 1 amide bonds. The van der Waals surface area contributed by atoms with Crippen molar-refractivity contribution in [2.24, 2.45) is 0 Å². The van der Waals surface area contributed by atoms with E-state index in [1.165, 1.54) is 12.1 Å². The summed E-state index contributed by atoms with van der Waals surface area (Å²) in [5.74, 6) is -0.560. The maximum Gasteiger partial charge on any atom is 0.272 e. The number of nitrogens with zero attached hydrogens (tertiary/aromatic N) is 2. The summed E-state index contributed by atoms with van der Waals surface area (Å²) in [5, 5.41) is 22.9. The summed E-state index contributed by atoms with van der Waals surface area (Å²) in [6, 6.07) is 13.6. The summed E-state index contributed by atoms with van der Waals surface area (Å²) in [6.45, 7) is 3.47. The molecule has 0 bridgehead atoms. The maximum absolute atomic E-state index is 12.3. The largest absolute Gasteiger partial charge is 0.321 e. The first-order valence-corrected chi connectivity index (χ1v) is 7.16. The fourth-order valence-electron chi connectivity index (χ4n) is 2.13. The van der Waals surface area contributed by atoms with Crippen LogP contribution in [0.4, 0.5) is 11.4 Å². The van der Waals surface area contributed by atoms with Gasteiger partial charge < -0.3 is 5.32 Å². The van der Waals surface area contributed by atoms with Gasteiger partial charge in [0.05, 0.1) is 4.92 Å². The number of rotatable bonds is 4. The lowest BCUT2D eigenvalue weighted by Crippen LogP contribution is -2.14. The molecular formula is C18H15N3O3. The molecule has 2 aromatic carbocycles. The Balaban J connectivity index is 2.31. The average molecular weight is 321 g/mol. The molecule has 0 atom stereocenters. The second-order valence-electron chi connectivity index (χ2n) is 5.24. The summed E-state index contributed by atoms with van der Waals surface area (Å²) < 4.78 is 0. The third kappa shape index (κ3) is 3.84. The zero-order chi connectivity index (χ0) is 17.7. The second-order valence-corrected chi connectivity index (χ2v) is 5.24. The molecule has 0 radical (unpaired) electrons. The molecule has 2 aromatic rings. The average Bonchev–Trinajstić information content (AvgIpc) is 2.55. The van der Waals surface area contributed by atoms with E-state index in [0.29, 0.717) is 16.8 Å². The van der Waals surface area contributed by atoms with Crippen LogP contribution >= 0.6 is 0 Å². The van der Waals surface area contributed by atoms with Gasteiger partial charge in [-0.25, -0.2) is 0 Å². The van der Waals surface area contributed by atoms with Crippen molar-refractivity contribution in [3.63, 3.8) is 0 Å². The molecule has 6 nitrogen and oxygen atoms in total. The van der Waals surface area contributed by atoms with Gasteiger partial charge >= 0.3 is 0 Å². The van der Waals surface area contributed by atoms with Gasteiger partial charge in [0.1, 0.15) is 11.6 Å². The van der Waals surface area contributed by atoms with E-state index < -0.39 is 10.8 Å². The fourth-order valence-corrected chi connectivity index (χ4v) is 2.13. The van der Waals surface area contributed by atoms with E-state index >= 15 is 0 Å². The van der Waals surface area contributed by atoms with Crippen LogP contribution in [0.3, 0.4) is 0 Å². The van der Waals surface area contributed by atoms with Crippen molar-refractivity contribution in [1.82, 2.24) is 0 Å². The van der Waals surface area contributed by atoms with E-state index in [9.17, 15) is 20.2 Å². The molecule has 0 aliphatic rings. The molecule has 0 spiro atoms. The van der Waals surface area contributed by atoms with Gasteiger partial charge in [-0.15, -0.1) is 0 Å². The molecule has 0 fully saturated rings. The number of hydrogen-bond acceptors (Lipinski definition) is 4. The van der Waals surface area contributed by atoms with Crippen LogP contribution in [-0.4, -0.2) is 10.8 Å². The number of carbonyl (C=O) groups is 1. The maximum atomic E-state index is 12.3. The Morgan fingerprint density at radius 2 is 1.92 bits per heavy atom. The minimum atomic E-state index is -0.560. The van der Waals surface area contributed by atoms with Crippen LogP contribution in [0.2, 0.25) is 0 Å². The highest BCUT2D eigenvalue weighted by Crippen LogP contribution is 2.21. The van der Waals surface area contributed by atoms with Crippen LogP contribution in [0, 0.1) is 35.3 Å². The molecule has 0 saturated carbocycles. The SMILES string of the molecule is Cc1ccccc1NC(=O)/C(C#N)=C/c1ccc(C)c([N+](=O)[O-])c1. The lowest BCUT2D eigenvalue weighted by atomic mass is 10.1. The first-order chi connectivity index (χ1) is 11.4. The Hall–Kier alpha value is -3.46. The number of para-hydroxylation sites is 1. The van der Waals surface area contributed by atoms with Gasteiger partial charge in [-0.1, -0.05) is 30.3 Å². The summed E-state index contributed by atoms with van der Waals surface area (Å²) in [6.07, 6.45) is 1.33. The number of carbonyl (C=O) groups excluding carboxylic acids is 1. The Bertz CT molecular complexity index is 879. The fraction of sp³-hybridized carbons (Fsp3) is 0.111. The Morgan fingerprint density at radius 1 is 1.21 bits per heavy atom. The molecule has 120 valence electrons. The number of nitro benzene ring substituents is 1. The van der Waals surface area contributed by atoms with E-state index in [-0.39, 0.29) is 11.3 Å². The zero-order valence-corrected chi connectivity index (χ0v) is 13.2. The van der Waals surface area contributed by atoms with E-state index in [1.807, 2.05) is 25.1 Å². The van der Waals surface area contributed by atoms with Crippen molar-refractivity contribution in [3.8, 4) is 6.07 Å².